The van der Waals surface area contributed by atoms with Gasteiger partial charge in [-0.3, -0.25) is 9.78 Å². The molecule has 0 unspecified atom stereocenters. The molecule has 3 aromatic rings. The monoisotopic (exact) mass is 328 g/mol. The summed E-state index contributed by atoms with van der Waals surface area (Å²) in [5.41, 5.74) is 1.13. The highest BCUT2D eigenvalue weighted by Crippen LogP contribution is 2.31. The van der Waals surface area contributed by atoms with Gasteiger partial charge in [0.2, 0.25) is 0 Å². The van der Waals surface area contributed by atoms with E-state index in [4.69, 9.17) is 5.26 Å². The highest BCUT2D eigenvalue weighted by Gasteiger charge is 2.15. The van der Waals surface area contributed by atoms with Crippen LogP contribution in [0.1, 0.15) is 16.1 Å². The van der Waals surface area contributed by atoms with Crippen LogP contribution in [0, 0.1) is 11.3 Å². The largest absolute Gasteiger partial charge is 0.432 e. The Morgan fingerprint density at radius 3 is 2.92 bits per heavy atom. The Morgan fingerprint density at radius 2 is 2.21 bits per heavy atom. The summed E-state index contributed by atoms with van der Waals surface area (Å²) in [5.74, 6) is -0.547. The van der Waals surface area contributed by atoms with Crippen LogP contribution < -0.4 is 10.1 Å². The molecule has 6 nitrogen and oxygen atoms in total. The zero-order chi connectivity index (χ0) is 17.1. The average Bonchev–Trinajstić information content (AvgIpc) is 3.06. The normalized spacial score (nSPS) is 10.6. The van der Waals surface area contributed by atoms with Crippen LogP contribution in [0.4, 0.5) is 14.5 Å². The van der Waals surface area contributed by atoms with E-state index in [2.05, 4.69) is 20.0 Å². The van der Waals surface area contributed by atoms with Crippen LogP contribution in [0.15, 0.2) is 42.7 Å². The van der Waals surface area contributed by atoms with Gasteiger partial charge in [-0.1, -0.05) is 0 Å². The van der Waals surface area contributed by atoms with Crippen LogP contribution in [0.5, 0.6) is 5.75 Å². The molecule has 24 heavy (non-hydrogen) atoms. The highest BCUT2D eigenvalue weighted by atomic mass is 19.3. The number of nitrogens with one attached hydrogen (secondary N) is 2. The number of anilines is 1. The van der Waals surface area contributed by atoms with Gasteiger partial charge < -0.3 is 15.0 Å². The van der Waals surface area contributed by atoms with Crippen molar-refractivity contribution in [3.63, 3.8) is 0 Å². The fraction of sp³-hybridized carbons (Fsp3) is 0.0625. The lowest BCUT2D eigenvalue weighted by atomic mass is 10.1. The van der Waals surface area contributed by atoms with E-state index in [1.165, 1.54) is 30.6 Å². The maximum absolute atomic E-state index is 12.5. The Labute approximate surface area is 134 Å². The highest BCUT2D eigenvalue weighted by molar-refractivity contribution is 6.08. The summed E-state index contributed by atoms with van der Waals surface area (Å²) in [7, 11) is 0. The molecular weight excluding hydrogens is 318 g/mol. The fourth-order valence-electron chi connectivity index (χ4n) is 2.23. The van der Waals surface area contributed by atoms with Crippen molar-refractivity contribution < 1.29 is 18.3 Å². The number of fused-ring (bicyclic) bond motifs is 1. The van der Waals surface area contributed by atoms with Crippen LogP contribution in [0.25, 0.3) is 10.9 Å². The van der Waals surface area contributed by atoms with E-state index in [-0.39, 0.29) is 17.0 Å². The Balaban J connectivity index is 1.95. The van der Waals surface area contributed by atoms with Crippen molar-refractivity contribution in [1.82, 2.24) is 9.97 Å². The number of amides is 1. The van der Waals surface area contributed by atoms with E-state index >= 15 is 0 Å². The Kier molecular flexibility index (Phi) is 4.07. The number of rotatable bonds is 4. The van der Waals surface area contributed by atoms with Gasteiger partial charge in [0.05, 0.1) is 11.3 Å². The van der Waals surface area contributed by atoms with E-state index < -0.39 is 12.5 Å². The molecule has 120 valence electrons. The van der Waals surface area contributed by atoms with Gasteiger partial charge in [-0.2, -0.15) is 14.0 Å². The second kappa shape index (κ2) is 6.34. The molecule has 0 aliphatic carbocycles. The van der Waals surface area contributed by atoms with Crippen LogP contribution in [-0.4, -0.2) is 22.5 Å². The molecule has 0 saturated heterocycles. The van der Waals surface area contributed by atoms with Crippen LogP contribution >= 0.6 is 0 Å². The molecular formula is C16H10F2N4O2. The first-order valence-corrected chi connectivity index (χ1v) is 6.81. The molecule has 0 aliphatic rings. The van der Waals surface area contributed by atoms with Crippen molar-refractivity contribution in [3.05, 3.63) is 54.0 Å². The SMILES string of the molecule is N#Cc1c[nH]c(C(=O)Nc2ccc(OC(F)F)c3ncccc23)c1. The molecule has 8 heteroatoms. The summed E-state index contributed by atoms with van der Waals surface area (Å²) >= 11 is 0. The predicted octanol–water partition coefficient (Wildman–Crippen LogP) is 3.29. The number of carbonyl (C=O) groups excluding carboxylic acids is 1. The fourth-order valence-corrected chi connectivity index (χ4v) is 2.23. The number of aromatic amines is 1. The Hall–Kier alpha value is -3.47. The molecule has 0 saturated carbocycles. The summed E-state index contributed by atoms with van der Waals surface area (Å²) in [6.45, 7) is -2.97. The molecule has 0 radical (unpaired) electrons. The molecule has 1 aromatic carbocycles. The zero-order valence-corrected chi connectivity index (χ0v) is 12.1. The van der Waals surface area contributed by atoms with Gasteiger partial charge in [0, 0.05) is 17.8 Å². The van der Waals surface area contributed by atoms with Crippen LogP contribution in [0.2, 0.25) is 0 Å². The maximum atomic E-state index is 12.5. The number of carbonyl (C=O) groups is 1. The number of benzene rings is 1. The molecule has 0 spiro atoms. The number of nitriles is 1. The van der Waals surface area contributed by atoms with Crippen molar-refractivity contribution >= 4 is 22.5 Å². The van der Waals surface area contributed by atoms with Gasteiger partial charge in [0.25, 0.3) is 5.91 Å². The predicted molar refractivity (Wildman–Crippen MR) is 81.8 cm³/mol. The van der Waals surface area contributed by atoms with Gasteiger partial charge in [-0.15, -0.1) is 0 Å². The van der Waals surface area contributed by atoms with E-state index in [1.807, 2.05) is 6.07 Å². The van der Waals surface area contributed by atoms with Gasteiger partial charge in [0.1, 0.15) is 17.3 Å². The number of H-pyrrole nitrogens is 1. The third-order valence-electron chi connectivity index (χ3n) is 3.25. The first-order valence-electron chi connectivity index (χ1n) is 6.81. The van der Waals surface area contributed by atoms with E-state index in [1.54, 1.807) is 12.1 Å². The molecule has 3 rings (SSSR count). The zero-order valence-electron chi connectivity index (χ0n) is 12.1. The van der Waals surface area contributed by atoms with Gasteiger partial charge in [-0.25, -0.2) is 0 Å². The number of ether oxygens (including phenoxy) is 1. The minimum absolute atomic E-state index is 0.0785. The number of halogens is 2. The van der Waals surface area contributed by atoms with E-state index in [0.29, 0.717) is 16.6 Å². The Morgan fingerprint density at radius 1 is 1.38 bits per heavy atom. The van der Waals surface area contributed by atoms with Crippen LogP contribution in [-0.2, 0) is 0 Å². The molecule has 1 amide bonds. The van der Waals surface area contributed by atoms with Gasteiger partial charge >= 0.3 is 6.61 Å². The van der Waals surface area contributed by atoms with E-state index in [0.717, 1.165) is 0 Å². The third kappa shape index (κ3) is 3.01. The number of alkyl halides is 2. The molecule has 0 bridgehead atoms. The molecule has 0 atom stereocenters. The number of nitrogens with zero attached hydrogens (tertiary/aromatic N) is 2. The average molecular weight is 328 g/mol. The third-order valence-corrected chi connectivity index (χ3v) is 3.25. The molecule has 2 aromatic heterocycles. The van der Waals surface area contributed by atoms with Crippen molar-refractivity contribution in [2.75, 3.05) is 5.32 Å². The summed E-state index contributed by atoms with van der Waals surface area (Å²) in [4.78, 5) is 18.9. The molecule has 0 fully saturated rings. The second-order valence-corrected chi connectivity index (χ2v) is 4.76. The number of hydrogen-bond acceptors (Lipinski definition) is 4. The quantitative estimate of drug-likeness (QED) is 0.769. The van der Waals surface area contributed by atoms with Crippen LogP contribution in [0.3, 0.4) is 0 Å². The lowest BCUT2D eigenvalue weighted by Gasteiger charge is -2.11. The number of hydrogen-bond donors (Lipinski definition) is 2. The van der Waals surface area contributed by atoms with E-state index in [9.17, 15) is 13.6 Å². The standard InChI is InChI=1S/C16H10F2N4O2/c17-16(18)24-13-4-3-11(10-2-1-5-20-14(10)13)22-15(23)12-6-9(7-19)8-21-12/h1-6,8,16,21H,(H,22,23). The van der Waals surface area contributed by atoms with Gasteiger partial charge in [0.15, 0.2) is 5.75 Å². The van der Waals surface area contributed by atoms with Crippen molar-refractivity contribution in [2.24, 2.45) is 0 Å². The summed E-state index contributed by atoms with van der Waals surface area (Å²) < 4.78 is 29.4. The topological polar surface area (TPSA) is 90.8 Å². The summed E-state index contributed by atoms with van der Waals surface area (Å²) in [6, 6.07) is 9.33. The molecule has 2 heterocycles. The molecule has 2 N–H and O–H groups in total. The minimum Gasteiger partial charge on any atom is -0.432 e. The summed E-state index contributed by atoms with van der Waals surface area (Å²) in [6.07, 6.45) is 2.85. The molecule has 0 aliphatic heterocycles. The first kappa shape index (κ1) is 15.4. The Bertz CT molecular complexity index is 947. The van der Waals surface area contributed by atoms with Crippen molar-refractivity contribution in [1.29, 1.82) is 5.26 Å². The van der Waals surface area contributed by atoms with Crippen molar-refractivity contribution in [2.45, 2.75) is 6.61 Å². The second-order valence-electron chi connectivity index (χ2n) is 4.76. The first-order chi connectivity index (χ1) is 11.6. The lowest BCUT2D eigenvalue weighted by molar-refractivity contribution is -0.0489. The maximum Gasteiger partial charge on any atom is 0.387 e. The number of aromatic nitrogens is 2. The minimum atomic E-state index is -2.97. The lowest BCUT2D eigenvalue weighted by Crippen LogP contribution is -2.13. The smallest absolute Gasteiger partial charge is 0.387 e. The number of pyridine rings is 1. The van der Waals surface area contributed by atoms with Gasteiger partial charge in [-0.05, 0) is 30.3 Å². The van der Waals surface area contributed by atoms with Crippen molar-refractivity contribution in [3.8, 4) is 11.8 Å². The summed E-state index contributed by atoms with van der Waals surface area (Å²) in [5, 5.41) is 11.9.